The fourth-order valence-electron chi connectivity index (χ4n) is 4.28. The van der Waals surface area contributed by atoms with Crippen molar-refractivity contribution in [1.29, 1.82) is 0 Å². The normalized spacial score (nSPS) is 20.5. The van der Waals surface area contributed by atoms with Gasteiger partial charge in [0.15, 0.2) is 5.82 Å². The first-order chi connectivity index (χ1) is 15.0. The number of carbonyl (C=O) groups is 3. The molecule has 1 saturated carbocycles. The van der Waals surface area contributed by atoms with Crippen LogP contribution in [-0.2, 0) is 14.4 Å². The van der Waals surface area contributed by atoms with Gasteiger partial charge in [0.2, 0.25) is 23.7 Å². The summed E-state index contributed by atoms with van der Waals surface area (Å²) in [5, 5.41) is 9.39. The number of amides is 3. The minimum Gasteiger partial charge on any atom is -0.497 e. The molecule has 0 bridgehead atoms. The van der Waals surface area contributed by atoms with Crippen molar-refractivity contribution in [2.45, 2.75) is 32.1 Å². The highest BCUT2D eigenvalue weighted by molar-refractivity contribution is 6.05. The van der Waals surface area contributed by atoms with Gasteiger partial charge in [0, 0.05) is 19.0 Å². The molecule has 2 fully saturated rings. The number of anilines is 1. The Bertz CT molecular complexity index is 980. The van der Waals surface area contributed by atoms with Gasteiger partial charge >= 0.3 is 0 Å². The zero-order chi connectivity index (χ0) is 22.0. The van der Waals surface area contributed by atoms with Crippen LogP contribution in [-0.4, -0.2) is 58.6 Å². The predicted molar refractivity (Wildman–Crippen MR) is 110 cm³/mol. The summed E-state index contributed by atoms with van der Waals surface area (Å²) in [5.74, 6) is 0.625. The van der Waals surface area contributed by atoms with E-state index in [2.05, 4.69) is 20.5 Å². The zero-order valence-corrected chi connectivity index (χ0v) is 17.5. The molecule has 2 aliphatic rings. The molecule has 3 amide bonds. The van der Waals surface area contributed by atoms with E-state index < -0.39 is 0 Å². The second kappa shape index (κ2) is 8.75. The number of methoxy groups -OCH3 is 2. The SMILES string of the molecule is COc1ccc(-c2nc(NC(=O)CCN3C(=O)C4CCCCC4C3=O)n[nH]2)c(OC)c1. The Kier molecular flexibility index (Phi) is 5.88. The third-order valence-electron chi connectivity index (χ3n) is 5.90. The summed E-state index contributed by atoms with van der Waals surface area (Å²) in [6, 6.07) is 5.26. The number of imide groups is 1. The van der Waals surface area contributed by atoms with Crippen molar-refractivity contribution in [1.82, 2.24) is 20.1 Å². The van der Waals surface area contributed by atoms with Crippen LogP contribution in [0.1, 0.15) is 32.1 Å². The van der Waals surface area contributed by atoms with Gasteiger partial charge < -0.3 is 9.47 Å². The summed E-state index contributed by atoms with van der Waals surface area (Å²) < 4.78 is 10.5. The van der Waals surface area contributed by atoms with E-state index in [0.29, 0.717) is 22.9 Å². The van der Waals surface area contributed by atoms with Gasteiger partial charge in [-0.25, -0.2) is 0 Å². The highest BCUT2D eigenvalue weighted by atomic mass is 16.5. The summed E-state index contributed by atoms with van der Waals surface area (Å²) in [7, 11) is 3.10. The van der Waals surface area contributed by atoms with E-state index in [9.17, 15) is 14.4 Å². The first-order valence-electron chi connectivity index (χ1n) is 10.3. The van der Waals surface area contributed by atoms with Crippen LogP contribution in [0.5, 0.6) is 11.5 Å². The number of aromatic nitrogens is 3. The molecule has 1 aliphatic heterocycles. The number of ether oxygens (including phenoxy) is 2. The Morgan fingerprint density at radius 3 is 2.52 bits per heavy atom. The predicted octanol–water partition coefficient (Wildman–Crippen LogP) is 1.99. The molecule has 164 valence electrons. The van der Waals surface area contributed by atoms with E-state index in [4.69, 9.17) is 9.47 Å². The summed E-state index contributed by atoms with van der Waals surface area (Å²) in [4.78, 5) is 42.9. The van der Waals surface area contributed by atoms with E-state index >= 15 is 0 Å². The van der Waals surface area contributed by atoms with Crippen LogP contribution < -0.4 is 14.8 Å². The van der Waals surface area contributed by atoms with Crippen molar-refractivity contribution in [3.05, 3.63) is 18.2 Å². The van der Waals surface area contributed by atoms with Crippen LogP contribution in [0.2, 0.25) is 0 Å². The van der Waals surface area contributed by atoms with Crippen molar-refractivity contribution in [2.24, 2.45) is 11.8 Å². The summed E-state index contributed by atoms with van der Waals surface area (Å²) in [6.45, 7) is 0.0695. The number of aromatic amines is 1. The molecule has 10 heteroatoms. The van der Waals surface area contributed by atoms with Crippen LogP contribution in [0.3, 0.4) is 0 Å². The Morgan fingerprint density at radius 1 is 1.16 bits per heavy atom. The number of rotatable bonds is 7. The molecule has 31 heavy (non-hydrogen) atoms. The number of carbonyl (C=O) groups excluding carboxylic acids is 3. The number of hydrogen-bond acceptors (Lipinski definition) is 7. The van der Waals surface area contributed by atoms with Crippen LogP contribution >= 0.6 is 0 Å². The number of nitrogens with one attached hydrogen (secondary N) is 2. The van der Waals surface area contributed by atoms with E-state index in [1.165, 1.54) is 12.0 Å². The number of hydrogen-bond donors (Lipinski definition) is 2. The molecule has 4 rings (SSSR count). The Balaban J connectivity index is 1.37. The Hall–Kier alpha value is -3.43. The van der Waals surface area contributed by atoms with Gasteiger partial charge in [0.05, 0.1) is 31.6 Å². The second-order valence-corrected chi connectivity index (χ2v) is 7.70. The molecule has 0 spiro atoms. The third-order valence-corrected chi connectivity index (χ3v) is 5.90. The lowest BCUT2D eigenvalue weighted by atomic mass is 9.81. The first-order valence-corrected chi connectivity index (χ1v) is 10.3. The van der Waals surface area contributed by atoms with Gasteiger partial charge in [-0.2, -0.15) is 4.98 Å². The number of fused-ring (bicyclic) bond motifs is 1. The molecule has 1 aromatic carbocycles. The lowest BCUT2D eigenvalue weighted by molar-refractivity contribution is -0.140. The molecule has 2 unspecified atom stereocenters. The molecule has 2 atom stereocenters. The van der Waals surface area contributed by atoms with Crippen molar-refractivity contribution < 1.29 is 23.9 Å². The van der Waals surface area contributed by atoms with Crippen LogP contribution in [0.15, 0.2) is 18.2 Å². The van der Waals surface area contributed by atoms with Gasteiger partial charge in [-0.15, -0.1) is 5.10 Å². The van der Waals surface area contributed by atoms with E-state index in [-0.39, 0.29) is 48.5 Å². The highest BCUT2D eigenvalue weighted by Crippen LogP contribution is 2.38. The molecule has 2 N–H and O–H groups in total. The Labute approximate surface area is 179 Å². The van der Waals surface area contributed by atoms with E-state index in [1.807, 2.05) is 0 Å². The molecule has 1 aliphatic carbocycles. The Morgan fingerprint density at radius 2 is 1.87 bits per heavy atom. The average Bonchev–Trinajstić information content (AvgIpc) is 3.35. The van der Waals surface area contributed by atoms with Crippen molar-refractivity contribution in [3.8, 4) is 22.9 Å². The molecule has 0 radical (unpaired) electrons. The van der Waals surface area contributed by atoms with Crippen molar-refractivity contribution >= 4 is 23.7 Å². The maximum atomic E-state index is 12.5. The maximum absolute atomic E-state index is 12.5. The van der Waals surface area contributed by atoms with Crippen LogP contribution in [0.4, 0.5) is 5.95 Å². The lowest BCUT2D eigenvalue weighted by Gasteiger charge is -2.19. The number of nitrogens with zero attached hydrogens (tertiary/aromatic N) is 3. The molecule has 1 aromatic heterocycles. The van der Waals surface area contributed by atoms with Gasteiger partial charge in [-0.3, -0.25) is 29.7 Å². The average molecular weight is 427 g/mol. The molecule has 2 aromatic rings. The number of likely N-dealkylation sites (tertiary alicyclic amines) is 1. The highest BCUT2D eigenvalue weighted by Gasteiger charge is 2.47. The number of benzene rings is 1. The van der Waals surface area contributed by atoms with Crippen molar-refractivity contribution in [2.75, 3.05) is 26.1 Å². The third kappa shape index (κ3) is 4.10. The molecular weight excluding hydrogens is 402 g/mol. The largest absolute Gasteiger partial charge is 0.497 e. The van der Waals surface area contributed by atoms with Gasteiger partial charge in [0.1, 0.15) is 11.5 Å². The topological polar surface area (TPSA) is 127 Å². The molecule has 1 saturated heterocycles. The molecule has 10 nitrogen and oxygen atoms in total. The fraction of sp³-hybridized carbons (Fsp3) is 0.476. The summed E-state index contributed by atoms with van der Waals surface area (Å²) in [6.07, 6.45) is 3.45. The maximum Gasteiger partial charge on any atom is 0.249 e. The fourth-order valence-corrected chi connectivity index (χ4v) is 4.28. The minimum absolute atomic E-state index is 0.00729. The van der Waals surface area contributed by atoms with E-state index in [1.54, 1.807) is 25.3 Å². The molecular formula is C21H25N5O5. The monoisotopic (exact) mass is 427 g/mol. The van der Waals surface area contributed by atoms with Crippen LogP contribution in [0.25, 0.3) is 11.4 Å². The summed E-state index contributed by atoms with van der Waals surface area (Å²) >= 11 is 0. The van der Waals surface area contributed by atoms with Crippen molar-refractivity contribution in [3.63, 3.8) is 0 Å². The quantitative estimate of drug-likeness (QED) is 0.647. The standard InChI is InChI=1S/C21H25N5O5/c1-30-12-7-8-15(16(11-12)31-2)18-23-21(25-24-18)22-17(27)9-10-26-19(28)13-5-3-4-6-14(13)20(26)29/h7-8,11,13-14H,3-6,9-10H2,1-2H3,(H2,22,23,24,25,27). The van der Waals surface area contributed by atoms with Gasteiger partial charge in [0.25, 0.3) is 0 Å². The van der Waals surface area contributed by atoms with Crippen LogP contribution in [0, 0.1) is 11.8 Å². The minimum atomic E-state index is -0.372. The first kappa shape index (κ1) is 20.8. The summed E-state index contributed by atoms with van der Waals surface area (Å²) in [5.41, 5.74) is 0.659. The second-order valence-electron chi connectivity index (χ2n) is 7.70. The van der Waals surface area contributed by atoms with Gasteiger partial charge in [-0.05, 0) is 25.0 Å². The van der Waals surface area contributed by atoms with Gasteiger partial charge in [-0.1, -0.05) is 12.8 Å². The molecule has 2 heterocycles. The smallest absolute Gasteiger partial charge is 0.249 e. The zero-order valence-electron chi connectivity index (χ0n) is 17.5. The van der Waals surface area contributed by atoms with E-state index in [0.717, 1.165) is 25.7 Å². The lowest BCUT2D eigenvalue weighted by Crippen LogP contribution is -2.34. The number of H-pyrrole nitrogens is 1.